The molecule has 1 aliphatic heterocycles. The van der Waals surface area contributed by atoms with E-state index in [2.05, 4.69) is 0 Å². The van der Waals surface area contributed by atoms with Gasteiger partial charge in [0.25, 0.3) is 0 Å². The standard InChI is InChI=1S/C14H16Cl3NO4S/c1-2-22-14(19)9-5-7-18(8-6-9)23(20,21)11-4-3-10(15)12(16)13(11)17/h3-4,9H,2,5-8H2,1H3. The van der Waals surface area contributed by atoms with Gasteiger partial charge >= 0.3 is 5.97 Å². The van der Waals surface area contributed by atoms with E-state index < -0.39 is 10.0 Å². The first-order valence-electron chi connectivity index (χ1n) is 7.09. The lowest BCUT2D eigenvalue weighted by Crippen LogP contribution is -2.40. The monoisotopic (exact) mass is 399 g/mol. The average Bonchev–Trinajstić information content (AvgIpc) is 2.53. The Kier molecular flexibility index (Phi) is 6.19. The van der Waals surface area contributed by atoms with Gasteiger partial charge in [0.05, 0.1) is 27.6 Å². The van der Waals surface area contributed by atoms with Gasteiger partial charge in [0.2, 0.25) is 10.0 Å². The molecule has 0 atom stereocenters. The molecule has 0 bridgehead atoms. The van der Waals surface area contributed by atoms with E-state index in [9.17, 15) is 13.2 Å². The first-order chi connectivity index (χ1) is 10.8. The fraction of sp³-hybridized carbons (Fsp3) is 0.500. The Morgan fingerprint density at radius 1 is 1.22 bits per heavy atom. The van der Waals surface area contributed by atoms with E-state index in [1.165, 1.54) is 16.4 Å². The van der Waals surface area contributed by atoms with Crippen molar-refractivity contribution < 1.29 is 17.9 Å². The van der Waals surface area contributed by atoms with Gasteiger partial charge in [-0.15, -0.1) is 0 Å². The maximum atomic E-state index is 12.7. The van der Waals surface area contributed by atoms with E-state index in [0.29, 0.717) is 19.4 Å². The molecule has 1 saturated heterocycles. The molecular formula is C14H16Cl3NO4S. The average molecular weight is 401 g/mol. The number of benzene rings is 1. The molecule has 0 aromatic heterocycles. The summed E-state index contributed by atoms with van der Waals surface area (Å²) < 4.78 is 31.7. The molecule has 0 spiro atoms. The lowest BCUT2D eigenvalue weighted by Gasteiger charge is -2.30. The molecule has 0 saturated carbocycles. The van der Waals surface area contributed by atoms with Gasteiger partial charge in [-0.3, -0.25) is 4.79 Å². The van der Waals surface area contributed by atoms with Crippen molar-refractivity contribution in [2.45, 2.75) is 24.7 Å². The van der Waals surface area contributed by atoms with Crippen molar-refractivity contribution in [2.24, 2.45) is 5.92 Å². The third-order valence-corrected chi connectivity index (χ3v) is 7.04. The fourth-order valence-corrected chi connectivity index (χ4v) is 4.86. The van der Waals surface area contributed by atoms with Crippen LogP contribution in [0.1, 0.15) is 19.8 Å². The van der Waals surface area contributed by atoms with Gasteiger partial charge in [0.15, 0.2) is 0 Å². The summed E-state index contributed by atoms with van der Waals surface area (Å²) in [5.41, 5.74) is 0. The van der Waals surface area contributed by atoms with Crippen LogP contribution in [-0.4, -0.2) is 38.4 Å². The van der Waals surface area contributed by atoms with Crippen LogP contribution in [0.5, 0.6) is 0 Å². The molecule has 1 aromatic carbocycles. The Morgan fingerprint density at radius 3 is 2.39 bits per heavy atom. The third kappa shape index (κ3) is 3.94. The van der Waals surface area contributed by atoms with Gasteiger partial charge in [-0.1, -0.05) is 34.8 Å². The van der Waals surface area contributed by atoms with Crippen molar-refractivity contribution in [3.63, 3.8) is 0 Å². The molecule has 0 N–H and O–H groups in total. The van der Waals surface area contributed by atoms with Crippen LogP contribution in [0, 0.1) is 5.92 Å². The van der Waals surface area contributed by atoms with Crippen LogP contribution in [0.3, 0.4) is 0 Å². The number of nitrogens with zero attached hydrogens (tertiary/aromatic N) is 1. The number of sulfonamides is 1. The van der Waals surface area contributed by atoms with Crippen molar-refractivity contribution in [1.29, 1.82) is 0 Å². The van der Waals surface area contributed by atoms with Gasteiger partial charge in [-0.2, -0.15) is 4.31 Å². The van der Waals surface area contributed by atoms with E-state index in [4.69, 9.17) is 39.5 Å². The molecule has 128 valence electrons. The number of carbonyl (C=O) groups is 1. The second kappa shape index (κ2) is 7.57. The fourth-order valence-electron chi connectivity index (χ4n) is 2.44. The molecule has 1 heterocycles. The van der Waals surface area contributed by atoms with E-state index in [1.54, 1.807) is 6.92 Å². The van der Waals surface area contributed by atoms with E-state index >= 15 is 0 Å². The summed E-state index contributed by atoms with van der Waals surface area (Å²) >= 11 is 17.8. The Bertz CT molecular complexity index is 700. The molecule has 0 aliphatic carbocycles. The van der Waals surface area contributed by atoms with Crippen LogP contribution in [0.4, 0.5) is 0 Å². The molecular weight excluding hydrogens is 385 g/mol. The van der Waals surface area contributed by atoms with Gasteiger partial charge in [-0.05, 0) is 31.9 Å². The van der Waals surface area contributed by atoms with E-state index in [-0.39, 0.29) is 44.9 Å². The van der Waals surface area contributed by atoms with Crippen LogP contribution in [0.15, 0.2) is 17.0 Å². The second-order valence-electron chi connectivity index (χ2n) is 5.10. The number of esters is 1. The zero-order valence-corrected chi connectivity index (χ0v) is 15.5. The molecule has 0 amide bonds. The molecule has 0 radical (unpaired) electrons. The summed E-state index contributed by atoms with van der Waals surface area (Å²) in [7, 11) is -3.79. The first-order valence-corrected chi connectivity index (χ1v) is 9.66. The Hall–Kier alpha value is -0.530. The topological polar surface area (TPSA) is 63.7 Å². The quantitative estimate of drug-likeness (QED) is 0.572. The molecule has 0 unspecified atom stereocenters. The van der Waals surface area contributed by atoms with Gasteiger partial charge in [0.1, 0.15) is 4.90 Å². The molecule has 5 nitrogen and oxygen atoms in total. The maximum absolute atomic E-state index is 12.7. The highest BCUT2D eigenvalue weighted by Crippen LogP contribution is 2.37. The maximum Gasteiger partial charge on any atom is 0.309 e. The predicted octanol–water partition coefficient (Wildman–Crippen LogP) is 3.61. The van der Waals surface area contributed by atoms with Gasteiger partial charge < -0.3 is 4.74 Å². The third-order valence-electron chi connectivity index (χ3n) is 3.69. The van der Waals surface area contributed by atoms with Crippen molar-refractivity contribution in [2.75, 3.05) is 19.7 Å². The van der Waals surface area contributed by atoms with Crippen molar-refractivity contribution >= 4 is 50.8 Å². The lowest BCUT2D eigenvalue weighted by atomic mass is 9.98. The van der Waals surface area contributed by atoms with Crippen LogP contribution < -0.4 is 0 Å². The highest BCUT2D eigenvalue weighted by Gasteiger charge is 2.34. The normalized spacial score (nSPS) is 17.2. The number of hydrogen-bond donors (Lipinski definition) is 0. The van der Waals surface area contributed by atoms with Crippen molar-refractivity contribution in [3.05, 3.63) is 27.2 Å². The largest absolute Gasteiger partial charge is 0.466 e. The van der Waals surface area contributed by atoms with E-state index in [0.717, 1.165) is 0 Å². The number of ether oxygens (including phenoxy) is 1. The smallest absolute Gasteiger partial charge is 0.309 e. The van der Waals surface area contributed by atoms with Crippen LogP contribution in [0.25, 0.3) is 0 Å². The van der Waals surface area contributed by atoms with Crippen LogP contribution in [0.2, 0.25) is 15.1 Å². The minimum Gasteiger partial charge on any atom is -0.466 e. The van der Waals surface area contributed by atoms with Gasteiger partial charge in [-0.25, -0.2) is 8.42 Å². The Morgan fingerprint density at radius 2 is 1.83 bits per heavy atom. The lowest BCUT2D eigenvalue weighted by molar-refractivity contribution is -0.149. The first kappa shape index (κ1) is 18.8. The molecule has 1 aliphatic rings. The Labute approximate surface area is 150 Å². The minimum absolute atomic E-state index is 0.0100. The summed E-state index contributed by atoms with van der Waals surface area (Å²) in [5, 5.41) is 0.110. The molecule has 23 heavy (non-hydrogen) atoms. The van der Waals surface area contributed by atoms with Crippen molar-refractivity contribution in [1.82, 2.24) is 4.31 Å². The van der Waals surface area contributed by atoms with Crippen LogP contribution >= 0.6 is 34.8 Å². The van der Waals surface area contributed by atoms with E-state index in [1.807, 2.05) is 0 Å². The molecule has 1 aromatic rings. The number of rotatable bonds is 4. The number of piperidine rings is 1. The Balaban J connectivity index is 2.17. The van der Waals surface area contributed by atoms with Crippen molar-refractivity contribution in [3.8, 4) is 0 Å². The highest BCUT2D eigenvalue weighted by atomic mass is 35.5. The summed E-state index contributed by atoms with van der Waals surface area (Å²) in [6, 6.07) is 2.73. The van der Waals surface area contributed by atoms with Gasteiger partial charge in [0, 0.05) is 13.1 Å². The molecule has 9 heteroatoms. The summed E-state index contributed by atoms with van der Waals surface area (Å²) in [6.07, 6.45) is 0.827. The SMILES string of the molecule is CCOC(=O)C1CCN(S(=O)(=O)c2ccc(Cl)c(Cl)c2Cl)CC1. The number of carbonyl (C=O) groups excluding carboxylic acids is 1. The molecule has 2 rings (SSSR count). The predicted molar refractivity (Wildman–Crippen MR) is 89.6 cm³/mol. The second-order valence-corrected chi connectivity index (χ2v) is 8.17. The zero-order valence-electron chi connectivity index (χ0n) is 12.4. The minimum atomic E-state index is -3.79. The summed E-state index contributed by atoms with van der Waals surface area (Å²) in [6.45, 7) is 2.50. The number of halogens is 3. The van der Waals surface area contributed by atoms with Crippen LogP contribution in [-0.2, 0) is 19.6 Å². The zero-order chi connectivity index (χ0) is 17.2. The number of hydrogen-bond acceptors (Lipinski definition) is 4. The highest BCUT2D eigenvalue weighted by molar-refractivity contribution is 7.89. The summed E-state index contributed by atoms with van der Waals surface area (Å²) in [4.78, 5) is 11.6. The molecule has 1 fully saturated rings. The summed E-state index contributed by atoms with van der Waals surface area (Å²) in [5.74, 6) is -0.553.